The first-order chi connectivity index (χ1) is 14.3. The van der Waals surface area contributed by atoms with Crippen LogP contribution in [-0.2, 0) is 9.84 Å². The number of sulfone groups is 1. The highest BCUT2D eigenvalue weighted by Crippen LogP contribution is 2.41. The minimum Gasteiger partial charge on any atom is -0.322 e. The first-order valence-corrected chi connectivity index (χ1v) is 11.8. The standard InChI is InChI=1S/C21H21FN4O3S/c1-12-19-17(21(27)23-15-6-4-14(22)5-7-15)10-18(13-2-3-13)24-20(19)26(25-12)16-8-9-30(28,29)11-16/h4-7,10,13,16H,2-3,8-9,11H2,1H3,(H,23,27)/t16-/m0/s1. The van der Waals surface area contributed by atoms with E-state index in [9.17, 15) is 17.6 Å². The molecule has 9 heteroatoms. The van der Waals surface area contributed by atoms with Gasteiger partial charge in [0.05, 0.1) is 34.2 Å². The fourth-order valence-electron chi connectivity index (χ4n) is 4.05. The van der Waals surface area contributed by atoms with Gasteiger partial charge in [0, 0.05) is 17.3 Å². The number of aryl methyl sites for hydroxylation is 1. The summed E-state index contributed by atoms with van der Waals surface area (Å²) in [6.07, 6.45) is 2.52. The zero-order chi connectivity index (χ0) is 21.0. The van der Waals surface area contributed by atoms with E-state index in [2.05, 4.69) is 10.4 Å². The van der Waals surface area contributed by atoms with Gasteiger partial charge in [-0.05, 0) is 56.5 Å². The molecule has 0 spiro atoms. The second-order valence-electron chi connectivity index (χ2n) is 8.12. The van der Waals surface area contributed by atoms with Crippen molar-refractivity contribution in [1.82, 2.24) is 14.8 Å². The van der Waals surface area contributed by atoms with Gasteiger partial charge in [-0.2, -0.15) is 5.10 Å². The molecule has 7 nitrogen and oxygen atoms in total. The lowest BCUT2D eigenvalue weighted by Gasteiger charge is -2.12. The topological polar surface area (TPSA) is 93.9 Å². The van der Waals surface area contributed by atoms with Crippen molar-refractivity contribution in [1.29, 1.82) is 0 Å². The normalized spacial score (nSPS) is 20.5. The van der Waals surface area contributed by atoms with Crippen molar-refractivity contribution in [2.45, 2.75) is 38.1 Å². The van der Waals surface area contributed by atoms with Gasteiger partial charge in [-0.3, -0.25) is 4.79 Å². The third-order valence-corrected chi connectivity index (χ3v) is 7.50. The second-order valence-corrected chi connectivity index (χ2v) is 10.3. The predicted molar refractivity (Wildman–Crippen MR) is 111 cm³/mol. The van der Waals surface area contributed by atoms with Crippen molar-refractivity contribution >= 4 is 32.5 Å². The highest BCUT2D eigenvalue weighted by Gasteiger charge is 2.34. The molecule has 1 amide bonds. The minimum atomic E-state index is -3.09. The SMILES string of the molecule is Cc1nn([C@H]2CCS(=O)(=O)C2)c2nc(C3CC3)cc(C(=O)Nc3ccc(F)cc3)c12. The van der Waals surface area contributed by atoms with Crippen molar-refractivity contribution in [3.05, 3.63) is 53.1 Å². The van der Waals surface area contributed by atoms with Crippen molar-refractivity contribution < 1.29 is 17.6 Å². The Morgan fingerprint density at radius 2 is 1.93 bits per heavy atom. The number of halogens is 1. The number of hydrogen-bond donors (Lipinski definition) is 1. The summed E-state index contributed by atoms with van der Waals surface area (Å²) < 4.78 is 38.9. The number of rotatable bonds is 4. The van der Waals surface area contributed by atoms with E-state index >= 15 is 0 Å². The largest absolute Gasteiger partial charge is 0.322 e. The number of amides is 1. The number of anilines is 1. The number of carbonyl (C=O) groups excluding carboxylic acids is 1. The maximum Gasteiger partial charge on any atom is 0.256 e. The smallest absolute Gasteiger partial charge is 0.256 e. The number of pyridine rings is 1. The molecule has 30 heavy (non-hydrogen) atoms. The molecule has 2 fully saturated rings. The summed E-state index contributed by atoms with van der Waals surface area (Å²) in [5.41, 5.74) is 2.97. The molecule has 0 radical (unpaired) electrons. The van der Waals surface area contributed by atoms with E-state index in [0.29, 0.717) is 40.3 Å². The summed E-state index contributed by atoms with van der Waals surface area (Å²) >= 11 is 0. The Morgan fingerprint density at radius 3 is 2.57 bits per heavy atom. The Kier molecular flexibility index (Phi) is 4.39. The zero-order valence-electron chi connectivity index (χ0n) is 16.4. The van der Waals surface area contributed by atoms with Gasteiger partial charge in [-0.15, -0.1) is 0 Å². The predicted octanol–water partition coefficient (Wildman–Crippen LogP) is 3.37. The highest BCUT2D eigenvalue weighted by atomic mass is 32.2. The third-order valence-electron chi connectivity index (χ3n) is 5.75. The molecule has 1 aliphatic heterocycles. The zero-order valence-corrected chi connectivity index (χ0v) is 17.2. The van der Waals surface area contributed by atoms with Crippen LogP contribution in [0.5, 0.6) is 0 Å². The minimum absolute atomic E-state index is 0.0374. The molecule has 1 N–H and O–H groups in total. The summed E-state index contributed by atoms with van der Waals surface area (Å²) in [5.74, 6) is -0.215. The molecular weight excluding hydrogens is 407 g/mol. The third kappa shape index (κ3) is 3.47. The van der Waals surface area contributed by atoms with Gasteiger partial charge in [0.15, 0.2) is 15.5 Å². The van der Waals surface area contributed by atoms with Crippen LogP contribution in [0.25, 0.3) is 11.0 Å². The second kappa shape index (κ2) is 6.87. The Bertz CT molecular complexity index is 1260. The molecule has 1 atom stereocenters. The fraction of sp³-hybridized carbons (Fsp3) is 0.381. The quantitative estimate of drug-likeness (QED) is 0.688. The number of nitrogens with zero attached hydrogens (tertiary/aromatic N) is 3. The van der Waals surface area contributed by atoms with Gasteiger partial charge in [0.25, 0.3) is 5.91 Å². The van der Waals surface area contributed by atoms with Crippen molar-refractivity contribution in [2.24, 2.45) is 0 Å². The maximum absolute atomic E-state index is 13.2. The van der Waals surface area contributed by atoms with Crippen LogP contribution in [0.15, 0.2) is 30.3 Å². The fourth-order valence-corrected chi connectivity index (χ4v) is 5.75. The molecule has 1 saturated heterocycles. The molecule has 0 bridgehead atoms. The van der Waals surface area contributed by atoms with E-state index in [1.165, 1.54) is 24.3 Å². The lowest BCUT2D eigenvalue weighted by atomic mass is 10.1. The lowest BCUT2D eigenvalue weighted by Crippen LogP contribution is -2.15. The molecule has 2 aromatic heterocycles. The van der Waals surface area contributed by atoms with E-state index in [4.69, 9.17) is 4.98 Å². The summed E-state index contributed by atoms with van der Waals surface area (Å²) in [4.78, 5) is 17.9. The summed E-state index contributed by atoms with van der Waals surface area (Å²) in [5, 5.41) is 8.02. The van der Waals surface area contributed by atoms with Crippen LogP contribution in [0.2, 0.25) is 0 Å². The van der Waals surface area contributed by atoms with E-state index in [-0.39, 0.29) is 29.3 Å². The molecule has 1 aromatic carbocycles. The molecule has 0 unspecified atom stereocenters. The molecule has 2 aliphatic rings. The number of benzene rings is 1. The van der Waals surface area contributed by atoms with Crippen LogP contribution in [0.4, 0.5) is 10.1 Å². The van der Waals surface area contributed by atoms with Gasteiger partial charge in [-0.25, -0.2) is 22.5 Å². The molecule has 1 saturated carbocycles. The maximum atomic E-state index is 13.2. The number of carbonyl (C=O) groups is 1. The van der Waals surface area contributed by atoms with E-state index < -0.39 is 9.84 Å². The summed E-state index contributed by atoms with van der Waals surface area (Å²) in [7, 11) is -3.09. The summed E-state index contributed by atoms with van der Waals surface area (Å²) in [6.45, 7) is 1.80. The van der Waals surface area contributed by atoms with E-state index in [1.54, 1.807) is 11.6 Å². The van der Waals surface area contributed by atoms with Gasteiger partial charge in [0.2, 0.25) is 0 Å². The Labute approximate surface area is 173 Å². The van der Waals surface area contributed by atoms with E-state index in [1.807, 2.05) is 6.07 Å². The van der Waals surface area contributed by atoms with Crippen LogP contribution >= 0.6 is 0 Å². The van der Waals surface area contributed by atoms with Crippen LogP contribution in [0, 0.1) is 12.7 Å². The van der Waals surface area contributed by atoms with Crippen LogP contribution in [0.3, 0.4) is 0 Å². The first kappa shape index (κ1) is 19.2. The monoisotopic (exact) mass is 428 g/mol. The lowest BCUT2D eigenvalue weighted by molar-refractivity contribution is 0.102. The number of nitrogens with one attached hydrogen (secondary N) is 1. The molecule has 156 valence electrons. The van der Waals surface area contributed by atoms with Gasteiger partial charge >= 0.3 is 0 Å². The van der Waals surface area contributed by atoms with Gasteiger partial charge in [-0.1, -0.05) is 0 Å². The summed E-state index contributed by atoms with van der Waals surface area (Å²) in [6, 6.07) is 7.12. The van der Waals surface area contributed by atoms with Crippen molar-refractivity contribution in [3.63, 3.8) is 0 Å². The van der Waals surface area contributed by atoms with Crippen LogP contribution in [-0.4, -0.2) is 40.6 Å². The molecule has 5 rings (SSSR count). The van der Waals surface area contributed by atoms with Gasteiger partial charge in [0.1, 0.15) is 5.82 Å². The van der Waals surface area contributed by atoms with Crippen molar-refractivity contribution in [2.75, 3.05) is 16.8 Å². The van der Waals surface area contributed by atoms with Crippen molar-refractivity contribution in [3.8, 4) is 0 Å². The number of hydrogen-bond acceptors (Lipinski definition) is 5. The average Bonchev–Trinajstić information content (AvgIpc) is 3.42. The Balaban J connectivity index is 1.60. The Morgan fingerprint density at radius 1 is 1.20 bits per heavy atom. The number of aromatic nitrogens is 3. The Hall–Kier alpha value is -2.81. The molecular formula is C21H21FN4O3S. The number of fused-ring (bicyclic) bond motifs is 1. The van der Waals surface area contributed by atoms with Gasteiger partial charge < -0.3 is 5.32 Å². The average molecular weight is 428 g/mol. The molecule has 3 aromatic rings. The molecule has 1 aliphatic carbocycles. The van der Waals surface area contributed by atoms with Crippen LogP contribution in [0.1, 0.15) is 53.0 Å². The first-order valence-electron chi connectivity index (χ1n) is 9.98. The van der Waals surface area contributed by atoms with Crippen LogP contribution < -0.4 is 5.32 Å². The molecule has 3 heterocycles. The van der Waals surface area contributed by atoms with E-state index in [0.717, 1.165) is 18.5 Å². The highest BCUT2D eigenvalue weighted by molar-refractivity contribution is 7.91.